The Labute approximate surface area is 125 Å². The Hall–Kier alpha value is -0.290. The molecule has 0 aromatic rings. The normalized spacial score (nSPS) is 39.6. The number of halogens is 3. The molecule has 3 fully saturated rings. The van der Waals surface area contributed by atoms with Crippen molar-refractivity contribution < 1.29 is 13.2 Å². The van der Waals surface area contributed by atoms with Crippen LogP contribution in [-0.2, 0) is 0 Å². The summed E-state index contributed by atoms with van der Waals surface area (Å²) in [5.74, 6) is -1.05. The van der Waals surface area contributed by atoms with Crippen LogP contribution in [0.3, 0.4) is 0 Å². The summed E-state index contributed by atoms with van der Waals surface area (Å²) >= 11 is 0. The van der Waals surface area contributed by atoms with E-state index in [-0.39, 0.29) is 0 Å². The molecular weight excluding hydrogens is 277 g/mol. The highest BCUT2D eigenvalue weighted by molar-refractivity contribution is 4.94. The van der Waals surface area contributed by atoms with E-state index in [4.69, 9.17) is 0 Å². The van der Waals surface area contributed by atoms with E-state index in [0.717, 1.165) is 39.0 Å². The average Bonchev–Trinajstić information content (AvgIpc) is 2.47. The number of piperidine rings is 2. The van der Waals surface area contributed by atoms with Crippen molar-refractivity contribution in [1.29, 1.82) is 0 Å². The summed E-state index contributed by atoms with van der Waals surface area (Å²) in [5.41, 5.74) is 0.400. The van der Waals surface area contributed by atoms with E-state index in [0.29, 0.717) is 24.3 Å². The number of hydrogen-bond donors (Lipinski definition) is 1. The predicted octanol–water partition coefficient (Wildman–Crippen LogP) is 3.57. The topological polar surface area (TPSA) is 15.3 Å². The van der Waals surface area contributed by atoms with Crippen LogP contribution in [-0.4, -0.2) is 43.3 Å². The van der Waals surface area contributed by atoms with Gasteiger partial charge in [-0.05, 0) is 69.9 Å². The van der Waals surface area contributed by atoms with E-state index in [2.05, 4.69) is 10.2 Å². The van der Waals surface area contributed by atoms with Gasteiger partial charge in [-0.15, -0.1) is 0 Å². The van der Waals surface area contributed by atoms with Crippen LogP contribution in [0.1, 0.15) is 51.4 Å². The zero-order chi connectivity index (χ0) is 14.9. The van der Waals surface area contributed by atoms with E-state index >= 15 is 0 Å². The summed E-state index contributed by atoms with van der Waals surface area (Å²) in [6, 6.07) is 0.391. The summed E-state index contributed by atoms with van der Waals surface area (Å²) in [6.45, 7) is 4.41. The Kier molecular flexibility index (Phi) is 4.51. The van der Waals surface area contributed by atoms with E-state index < -0.39 is 12.1 Å². The first kappa shape index (κ1) is 15.6. The summed E-state index contributed by atoms with van der Waals surface area (Å²) in [4.78, 5) is 2.52. The Morgan fingerprint density at radius 3 is 2.33 bits per heavy atom. The molecule has 0 amide bonds. The Morgan fingerprint density at radius 1 is 1.00 bits per heavy atom. The van der Waals surface area contributed by atoms with Crippen molar-refractivity contribution in [2.45, 2.75) is 63.6 Å². The van der Waals surface area contributed by atoms with E-state index in [9.17, 15) is 13.2 Å². The minimum absolute atomic E-state index is 0.329. The van der Waals surface area contributed by atoms with Gasteiger partial charge in [-0.3, -0.25) is 4.90 Å². The van der Waals surface area contributed by atoms with Crippen molar-refractivity contribution in [1.82, 2.24) is 10.2 Å². The van der Waals surface area contributed by atoms with E-state index in [1.165, 1.54) is 25.7 Å². The summed E-state index contributed by atoms with van der Waals surface area (Å²) < 4.78 is 38.3. The third-order valence-corrected chi connectivity index (χ3v) is 5.93. The molecule has 0 radical (unpaired) electrons. The van der Waals surface area contributed by atoms with Crippen molar-refractivity contribution in [3.05, 3.63) is 0 Å². The van der Waals surface area contributed by atoms with Gasteiger partial charge in [-0.1, -0.05) is 0 Å². The van der Waals surface area contributed by atoms with Crippen molar-refractivity contribution in [3.63, 3.8) is 0 Å². The molecule has 1 spiro atoms. The second-order valence-corrected chi connectivity index (χ2v) is 7.40. The number of rotatable bonds is 1. The first-order valence-electron chi connectivity index (χ1n) is 8.50. The molecule has 122 valence electrons. The van der Waals surface area contributed by atoms with Crippen molar-refractivity contribution >= 4 is 0 Å². The standard InChI is InChI=1S/C16H27F3N2/c17-16(18,19)13-3-5-14(6-4-13)21-10-2-8-15(12-21)7-1-9-20-11-15/h13-14,20H,1-12H2. The van der Waals surface area contributed by atoms with Crippen LogP contribution in [0.4, 0.5) is 13.2 Å². The van der Waals surface area contributed by atoms with Gasteiger partial charge in [0, 0.05) is 19.1 Å². The first-order valence-corrected chi connectivity index (χ1v) is 8.50. The van der Waals surface area contributed by atoms with Crippen LogP contribution >= 0.6 is 0 Å². The maximum atomic E-state index is 12.8. The lowest BCUT2D eigenvalue weighted by atomic mass is 9.73. The zero-order valence-electron chi connectivity index (χ0n) is 12.7. The molecule has 0 bridgehead atoms. The number of hydrogen-bond acceptors (Lipinski definition) is 2. The maximum Gasteiger partial charge on any atom is 0.391 e. The molecule has 0 aromatic heterocycles. The Balaban J connectivity index is 1.55. The summed E-state index contributed by atoms with van der Waals surface area (Å²) in [7, 11) is 0. The molecule has 2 saturated heterocycles. The number of nitrogens with one attached hydrogen (secondary N) is 1. The van der Waals surface area contributed by atoms with Gasteiger partial charge in [0.1, 0.15) is 0 Å². The third-order valence-electron chi connectivity index (χ3n) is 5.93. The molecule has 3 aliphatic rings. The van der Waals surface area contributed by atoms with Gasteiger partial charge in [0.15, 0.2) is 0 Å². The van der Waals surface area contributed by atoms with Gasteiger partial charge < -0.3 is 5.32 Å². The predicted molar refractivity (Wildman–Crippen MR) is 77.1 cm³/mol. The average molecular weight is 304 g/mol. The lowest BCUT2D eigenvalue weighted by Crippen LogP contribution is -2.54. The molecule has 1 saturated carbocycles. The van der Waals surface area contributed by atoms with Crippen LogP contribution in [0.15, 0.2) is 0 Å². The third kappa shape index (κ3) is 3.55. The monoisotopic (exact) mass is 304 g/mol. The molecule has 0 aromatic carbocycles. The number of likely N-dealkylation sites (tertiary alicyclic amines) is 1. The van der Waals surface area contributed by atoms with Gasteiger partial charge >= 0.3 is 6.18 Å². The van der Waals surface area contributed by atoms with Crippen LogP contribution in [0.5, 0.6) is 0 Å². The Morgan fingerprint density at radius 2 is 1.71 bits per heavy atom. The zero-order valence-corrected chi connectivity index (χ0v) is 12.7. The fourth-order valence-corrected chi connectivity index (χ4v) is 4.70. The molecular formula is C16H27F3N2. The van der Waals surface area contributed by atoms with Crippen LogP contribution in [0.25, 0.3) is 0 Å². The minimum atomic E-state index is -3.98. The smallest absolute Gasteiger partial charge is 0.316 e. The molecule has 1 unspecified atom stereocenters. The van der Waals surface area contributed by atoms with E-state index in [1.807, 2.05) is 0 Å². The van der Waals surface area contributed by atoms with Crippen LogP contribution in [0.2, 0.25) is 0 Å². The minimum Gasteiger partial charge on any atom is -0.316 e. The lowest BCUT2D eigenvalue weighted by Gasteiger charge is -2.49. The quantitative estimate of drug-likeness (QED) is 0.796. The second-order valence-electron chi connectivity index (χ2n) is 7.40. The van der Waals surface area contributed by atoms with Crippen molar-refractivity contribution in [2.75, 3.05) is 26.2 Å². The molecule has 2 nitrogen and oxygen atoms in total. The number of nitrogens with zero attached hydrogens (tertiary/aromatic N) is 1. The molecule has 21 heavy (non-hydrogen) atoms. The molecule has 1 N–H and O–H groups in total. The van der Waals surface area contributed by atoms with Gasteiger partial charge in [0.25, 0.3) is 0 Å². The highest BCUT2D eigenvalue weighted by Crippen LogP contribution is 2.42. The fraction of sp³-hybridized carbons (Fsp3) is 1.00. The van der Waals surface area contributed by atoms with Crippen molar-refractivity contribution in [2.24, 2.45) is 11.3 Å². The summed E-state index contributed by atoms with van der Waals surface area (Å²) in [5, 5.41) is 3.52. The largest absolute Gasteiger partial charge is 0.391 e. The van der Waals surface area contributed by atoms with E-state index in [1.54, 1.807) is 0 Å². The molecule has 2 heterocycles. The molecule has 2 aliphatic heterocycles. The highest BCUT2D eigenvalue weighted by Gasteiger charge is 2.44. The van der Waals surface area contributed by atoms with Crippen LogP contribution in [0, 0.1) is 11.3 Å². The van der Waals surface area contributed by atoms with Gasteiger partial charge in [0.2, 0.25) is 0 Å². The fourth-order valence-electron chi connectivity index (χ4n) is 4.70. The van der Waals surface area contributed by atoms with Gasteiger partial charge in [-0.25, -0.2) is 0 Å². The van der Waals surface area contributed by atoms with Gasteiger partial charge in [0.05, 0.1) is 5.92 Å². The lowest BCUT2D eigenvalue weighted by molar-refractivity contribution is -0.185. The SMILES string of the molecule is FC(F)(F)C1CCC(N2CCCC3(CCCNC3)C2)CC1. The molecule has 3 rings (SSSR count). The maximum absolute atomic E-state index is 12.8. The second kappa shape index (κ2) is 6.07. The first-order chi connectivity index (χ1) is 9.99. The molecule has 5 heteroatoms. The number of alkyl halides is 3. The van der Waals surface area contributed by atoms with Crippen molar-refractivity contribution in [3.8, 4) is 0 Å². The molecule has 1 atom stereocenters. The van der Waals surface area contributed by atoms with Crippen LogP contribution < -0.4 is 5.32 Å². The highest BCUT2D eigenvalue weighted by atomic mass is 19.4. The Bertz CT molecular complexity index is 336. The van der Waals surface area contributed by atoms with Gasteiger partial charge in [-0.2, -0.15) is 13.2 Å². The molecule has 1 aliphatic carbocycles. The summed E-state index contributed by atoms with van der Waals surface area (Å²) in [6.07, 6.45) is 3.16.